The van der Waals surface area contributed by atoms with E-state index in [1.54, 1.807) is 45.0 Å². The summed E-state index contributed by atoms with van der Waals surface area (Å²) in [5.41, 5.74) is 0.810. The van der Waals surface area contributed by atoms with Gasteiger partial charge in [0, 0.05) is 0 Å². The van der Waals surface area contributed by atoms with Gasteiger partial charge in [-0.25, -0.2) is 4.79 Å². The van der Waals surface area contributed by atoms with E-state index in [2.05, 4.69) is 10.6 Å². The highest BCUT2D eigenvalue weighted by Gasteiger charge is 2.19. The van der Waals surface area contributed by atoms with Crippen LogP contribution in [-0.4, -0.2) is 24.7 Å². The van der Waals surface area contributed by atoms with Crippen LogP contribution in [-0.2, 0) is 4.74 Å². The van der Waals surface area contributed by atoms with E-state index in [-0.39, 0.29) is 11.3 Å². The maximum absolute atomic E-state index is 12.6. The Morgan fingerprint density at radius 2 is 1.67 bits per heavy atom. The first-order valence-corrected chi connectivity index (χ1v) is 8.22. The van der Waals surface area contributed by atoms with Crippen molar-refractivity contribution in [2.24, 2.45) is 0 Å². The van der Waals surface area contributed by atoms with Gasteiger partial charge in [0.25, 0.3) is 5.91 Å². The van der Waals surface area contributed by atoms with E-state index < -0.39 is 17.6 Å². The topological polar surface area (TPSA) is 100 Å². The van der Waals surface area contributed by atoms with Gasteiger partial charge in [-0.15, -0.1) is 0 Å². The summed E-state index contributed by atoms with van der Waals surface area (Å²) in [5, 5.41) is 14.3. The Kier molecular flexibility index (Phi) is 6.03. The van der Waals surface area contributed by atoms with Gasteiger partial charge in [-0.05, 0) is 51.1 Å². The summed E-state index contributed by atoms with van der Waals surface area (Å²) in [6.45, 7) is 5.28. The fourth-order valence-electron chi connectivity index (χ4n) is 2.25. The zero-order valence-corrected chi connectivity index (χ0v) is 15.6. The number of para-hydroxylation sites is 2. The molecule has 2 amide bonds. The number of carbonyl (C=O) groups is 2. The molecule has 2 rings (SSSR count). The first kappa shape index (κ1) is 19.8. The van der Waals surface area contributed by atoms with Gasteiger partial charge in [0.2, 0.25) is 0 Å². The summed E-state index contributed by atoms with van der Waals surface area (Å²) in [4.78, 5) is 24.7. The van der Waals surface area contributed by atoms with Gasteiger partial charge < -0.3 is 14.8 Å². The standard InChI is InChI=1S/C20H21N3O4/c1-20(2,3)27-19(25)23-16-8-6-5-7-15(16)22-18(24)14-10-9-13(12-21)11-17(14)26-4/h5-11H,1-4H3,(H,22,24)(H,23,25). The van der Waals surface area contributed by atoms with Gasteiger partial charge in [0.05, 0.1) is 35.7 Å². The number of ether oxygens (including phenoxy) is 2. The van der Waals surface area contributed by atoms with Crippen molar-refractivity contribution in [2.45, 2.75) is 26.4 Å². The third-order valence-electron chi connectivity index (χ3n) is 3.39. The number of rotatable bonds is 4. The van der Waals surface area contributed by atoms with Crippen LogP contribution < -0.4 is 15.4 Å². The number of amides is 2. The van der Waals surface area contributed by atoms with Crippen molar-refractivity contribution < 1.29 is 19.1 Å². The lowest BCUT2D eigenvalue weighted by atomic mass is 10.1. The first-order chi connectivity index (χ1) is 12.7. The van der Waals surface area contributed by atoms with E-state index in [0.29, 0.717) is 16.9 Å². The fraction of sp³-hybridized carbons (Fsp3) is 0.250. The number of benzene rings is 2. The summed E-state index contributed by atoms with van der Waals surface area (Å²) < 4.78 is 10.4. The Bertz CT molecular complexity index is 895. The molecule has 0 aliphatic heterocycles. The van der Waals surface area contributed by atoms with Gasteiger partial charge in [0.15, 0.2) is 0 Å². The minimum atomic E-state index is -0.641. The fourth-order valence-corrected chi connectivity index (χ4v) is 2.25. The lowest BCUT2D eigenvalue weighted by molar-refractivity contribution is 0.0635. The van der Waals surface area contributed by atoms with Crippen LogP contribution in [0.5, 0.6) is 5.75 Å². The first-order valence-electron chi connectivity index (χ1n) is 8.22. The molecule has 0 aromatic heterocycles. The molecule has 2 aromatic rings. The summed E-state index contributed by atoms with van der Waals surface area (Å²) in [6.07, 6.45) is -0.625. The molecular weight excluding hydrogens is 346 g/mol. The lowest BCUT2D eigenvalue weighted by Gasteiger charge is -2.20. The quantitative estimate of drug-likeness (QED) is 0.845. The molecule has 0 radical (unpaired) electrons. The molecule has 2 aromatic carbocycles. The van der Waals surface area contributed by atoms with E-state index in [1.165, 1.54) is 25.3 Å². The second-order valence-corrected chi connectivity index (χ2v) is 6.65. The van der Waals surface area contributed by atoms with Crippen LogP contribution in [0.1, 0.15) is 36.7 Å². The summed E-state index contributed by atoms with van der Waals surface area (Å²) >= 11 is 0. The van der Waals surface area contributed by atoms with Crippen LogP contribution in [0.4, 0.5) is 16.2 Å². The molecule has 2 N–H and O–H groups in total. The van der Waals surface area contributed by atoms with Crippen molar-refractivity contribution in [2.75, 3.05) is 17.7 Å². The van der Waals surface area contributed by atoms with Crippen LogP contribution in [0.15, 0.2) is 42.5 Å². The molecule has 140 valence electrons. The van der Waals surface area contributed by atoms with Crippen molar-refractivity contribution in [3.8, 4) is 11.8 Å². The van der Waals surface area contributed by atoms with Gasteiger partial charge in [-0.3, -0.25) is 10.1 Å². The number of nitriles is 1. The smallest absolute Gasteiger partial charge is 0.412 e. The summed E-state index contributed by atoms with van der Waals surface area (Å²) in [5.74, 6) is -0.154. The number of nitrogens with zero attached hydrogens (tertiary/aromatic N) is 1. The molecule has 0 unspecified atom stereocenters. The maximum atomic E-state index is 12.6. The molecule has 7 nitrogen and oxygen atoms in total. The van der Waals surface area contributed by atoms with Gasteiger partial charge in [-0.1, -0.05) is 12.1 Å². The van der Waals surface area contributed by atoms with Crippen LogP contribution in [0, 0.1) is 11.3 Å². The zero-order chi connectivity index (χ0) is 20.0. The van der Waals surface area contributed by atoms with Crippen LogP contribution in [0.2, 0.25) is 0 Å². The number of hydrogen-bond acceptors (Lipinski definition) is 5. The molecule has 0 bridgehead atoms. The number of hydrogen-bond donors (Lipinski definition) is 2. The highest BCUT2D eigenvalue weighted by Crippen LogP contribution is 2.25. The Morgan fingerprint density at radius 1 is 1.04 bits per heavy atom. The summed E-state index contributed by atoms with van der Waals surface area (Å²) in [7, 11) is 1.42. The average molecular weight is 367 g/mol. The van der Waals surface area contributed by atoms with Gasteiger partial charge in [-0.2, -0.15) is 5.26 Å². The lowest BCUT2D eigenvalue weighted by Crippen LogP contribution is -2.27. The summed E-state index contributed by atoms with van der Waals surface area (Å²) in [6, 6.07) is 13.3. The maximum Gasteiger partial charge on any atom is 0.412 e. The minimum absolute atomic E-state index is 0.267. The molecule has 0 aliphatic rings. The molecule has 27 heavy (non-hydrogen) atoms. The molecule has 0 aliphatic carbocycles. The Morgan fingerprint density at radius 3 is 2.22 bits per heavy atom. The van der Waals surface area contributed by atoms with E-state index in [1.807, 2.05) is 6.07 Å². The molecule has 0 atom stereocenters. The van der Waals surface area contributed by atoms with Crippen LogP contribution in [0.25, 0.3) is 0 Å². The number of anilines is 2. The highest BCUT2D eigenvalue weighted by molar-refractivity contribution is 6.08. The van der Waals surface area contributed by atoms with Crippen LogP contribution >= 0.6 is 0 Å². The Hall–Kier alpha value is -3.53. The highest BCUT2D eigenvalue weighted by atomic mass is 16.6. The number of nitrogens with one attached hydrogen (secondary N) is 2. The molecule has 0 saturated carbocycles. The predicted molar refractivity (Wildman–Crippen MR) is 102 cm³/mol. The SMILES string of the molecule is COc1cc(C#N)ccc1C(=O)Nc1ccccc1NC(=O)OC(C)(C)C. The second kappa shape index (κ2) is 8.23. The molecular formula is C20H21N3O4. The predicted octanol–water partition coefficient (Wildman–Crippen LogP) is 4.17. The van der Waals surface area contributed by atoms with E-state index >= 15 is 0 Å². The normalized spacial score (nSPS) is 10.5. The molecule has 0 heterocycles. The second-order valence-electron chi connectivity index (χ2n) is 6.65. The van der Waals surface area contributed by atoms with Crippen molar-refractivity contribution in [3.05, 3.63) is 53.6 Å². The molecule has 7 heteroatoms. The third-order valence-corrected chi connectivity index (χ3v) is 3.39. The van der Waals surface area contributed by atoms with E-state index in [0.717, 1.165) is 0 Å². The Balaban J connectivity index is 2.22. The largest absolute Gasteiger partial charge is 0.496 e. The molecule has 0 saturated heterocycles. The van der Waals surface area contributed by atoms with E-state index in [4.69, 9.17) is 14.7 Å². The number of carbonyl (C=O) groups excluding carboxylic acids is 2. The van der Waals surface area contributed by atoms with Crippen LogP contribution in [0.3, 0.4) is 0 Å². The molecule has 0 fully saturated rings. The third kappa shape index (κ3) is 5.47. The van der Waals surface area contributed by atoms with Gasteiger partial charge in [0.1, 0.15) is 11.4 Å². The minimum Gasteiger partial charge on any atom is -0.496 e. The van der Waals surface area contributed by atoms with Crippen molar-refractivity contribution in [1.82, 2.24) is 0 Å². The molecule has 0 spiro atoms. The number of methoxy groups -OCH3 is 1. The average Bonchev–Trinajstić information content (AvgIpc) is 2.61. The van der Waals surface area contributed by atoms with Crippen molar-refractivity contribution in [3.63, 3.8) is 0 Å². The van der Waals surface area contributed by atoms with Crippen molar-refractivity contribution >= 4 is 23.4 Å². The Labute approximate surface area is 157 Å². The van der Waals surface area contributed by atoms with Gasteiger partial charge >= 0.3 is 6.09 Å². The monoisotopic (exact) mass is 367 g/mol. The zero-order valence-electron chi connectivity index (χ0n) is 15.6. The van der Waals surface area contributed by atoms with E-state index in [9.17, 15) is 9.59 Å². The van der Waals surface area contributed by atoms with Crippen molar-refractivity contribution in [1.29, 1.82) is 5.26 Å².